The Balaban J connectivity index is 1.78. The van der Waals surface area contributed by atoms with Crippen LogP contribution < -0.4 is 15.5 Å². The smallest absolute Gasteiger partial charge is 0.170 e. The zero-order valence-electron chi connectivity index (χ0n) is 13.1. The van der Waals surface area contributed by atoms with Crippen LogP contribution in [0.2, 0.25) is 5.02 Å². The molecule has 0 aliphatic heterocycles. The summed E-state index contributed by atoms with van der Waals surface area (Å²) in [7, 11) is 2.03. The molecule has 0 aliphatic carbocycles. The van der Waals surface area contributed by atoms with Crippen molar-refractivity contribution >= 4 is 40.3 Å². The third-order valence-corrected chi connectivity index (χ3v) is 3.92. The van der Waals surface area contributed by atoms with Crippen molar-refractivity contribution in [2.45, 2.75) is 6.92 Å². The lowest BCUT2D eigenvalue weighted by Gasteiger charge is -2.20. The first kappa shape index (κ1) is 17.5. The van der Waals surface area contributed by atoms with Crippen molar-refractivity contribution in [3.63, 3.8) is 0 Å². The number of rotatable bonds is 5. The number of nitrogens with one attached hydrogen (secondary N) is 2. The molecule has 0 amide bonds. The minimum Gasteiger partial charge on any atom is -0.373 e. The van der Waals surface area contributed by atoms with Crippen LogP contribution in [0, 0.1) is 12.7 Å². The van der Waals surface area contributed by atoms with E-state index in [0.717, 1.165) is 12.2 Å². The van der Waals surface area contributed by atoms with Crippen molar-refractivity contribution in [1.82, 2.24) is 5.32 Å². The van der Waals surface area contributed by atoms with Crippen molar-refractivity contribution in [1.29, 1.82) is 0 Å². The number of anilines is 2. The van der Waals surface area contributed by atoms with Gasteiger partial charge in [-0.2, -0.15) is 0 Å². The van der Waals surface area contributed by atoms with Crippen LogP contribution in [0.25, 0.3) is 0 Å². The van der Waals surface area contributed by atoms with E-state index in [1.54, 1.807) is 6.07 Å². The molecule has 0 saturated heterocycles. The van der Waals surface area contributed by atoms with Gasteiger partial charge in [0.15, 0.2) is 5.11 Å². The minimum absolute atomic E-state index is 0.0666. The van der Waals surface area contributed by atoms with Crippen LogP contribution in [-0.2, 0) is 0 Å². The highest BCUT2D eigenvalue weighted by atomic mass is 35.5. The molecule has 2 aromatic carbocycles. The Kier molecular flexibility index (Phi) is 6.19. The van der Waals surface area contributed by atoms with E-state index in [9.17, 15) is 4.39 Å². The van der Waals surface area contributed by atoms with E-state index in [1.807, 2.05) is 7.05 Å². The zero-order valence-corrected chi connectivity index (χ0v) is 14.6. The van der Waals surface area contributed by atoms with Crippen LogP contribution in [0.1, 0.15) is 5.56 Å². The lowest BCUT2D eigenvalue weighted by Crippen LogP contribution is -2.35. The number of thiocarbonyl (C=S) groups is 1. The second-order valence-corrected chi connectivity index (χ2v) is 6.08. The van der Waals surface area contributed by atoms with Crippen molar-refractivity contribution in [3.8, 4) is 0 Å². The molecule has 0 heterocycles. The summed E-state index contributed by atoms with van der Waals surface area (Å²) in [4.78, 5) is 2.14. The molecule has 0 aromatic heterocycles. The lowest BCUT2D eigenvalue weighted by atomic mass is 10.2. The van der Waals surface area contributed by atoms with Gasteiger partial charge in [0, 0.05) is 31.5 Å². The molecule has 0 fully saturated rings. The van der Waals surface area contributed by atoms with Gasteiger partial charge in [0.2, 0.25) is 0 Å². The van der Waals surface area contributed by atoms with Gasteiger partial charge in [0.1, 0.15) is 5.82 Å². The fourth-order valence-electron chi connectivity index (χ4n) is 2.01. The average molecular weight is 352 g/mol. The Morgan fingerprint density at radius 2 is 1.91 bits per heavy atom. The first-order valence-electron chi connectivity index (χ1n) is 7.23. The Bertz CT molecular complexity index is 676. The highest BCUT2D eigenvalue weighted by Gasteiger charge is 2.04. The first-order chi connectivity index (χ1) is 11.0. The molecular weight excluding hydrogens is 333 g/mol. The molecule has 122 valence electrons. The molecule has 0 spiro atoms. The van der Waals surface area contributed by atoms with E-state index in [-0.39, 0.29) is 5.02 Å². The maximum Gasteiger partial charge on any atom is 0.170 e. The Morgan fingerprint density at radius 3 is 2.57 bits per heavy atom. The average Bonchev–Trinajstić information content (AvgIpc) is 2.51. The van der Waals surface area contributed by atoms with Crippen molar-refractivity contribution in [2.75, 3.05) is 30.4 Å². The summed E-state index contributed by atoms with van der Waals surface area (Å²) in [5, 5.41) is 6.64. The standard InChI is InChI=1S/C17H19ClFN3S/c1-12-3-6-14(7-4-12)22(2)10-9-20-17(23)21-13-5-8-16(19)15(18)11-13/h3-8,11H,9-10H2,1-2H3,(H2,20,21,23). The third-order valence-electron chi connectivity index (χ3n) is 3.38. The number of halogens is 2. The summed E-state index contributed by atoms with van der Waals surface area (Å²) in [5.41, 5.74) is 3.05. The van der Waals surface area contributed by atoms with Crippen LogP contribution in [0.4, 0.5) is 15.8 Å². The molecule has 6 heteroatoms. The van der Waals surface area contributed by atoms with Crippen molar-refractivity contribution in [3.05, 3.63) is 58.9 Å². The number of aryl methyl sites for hydroxylation is 1. The summed E-state index contributed by atoms with van der Waals surface area (Å²) >= 11 is 11.0. The fourth-order valence-corrected chi connectivity index (χ4v) is 2.42. The molecule has 0 atom stereocenters. The van der Waals surface area contributed by atoms with Gasteiger partial charge in [-0.15, -0.1) is 0 Å². The predicted molar refractivity (Wildman–Crippen MR) is 100 cm³/mol. The topological polar surface area (TPSA) is 27.3 Å². The van der Waals surface area contributed by atoms with E-state index in [0.29, 0.717) is 17.3 Å². The molecule has 0 bridgehead atoms. The summed E-state index contributed by atoms with van der Waals surface area (Å²) in [6, 6.07) is 12.8. The number of hydrogen-bond donors (Lipinski definition) is 2. The second kappa shape index (κ2) is 8.13. The SMILES string of the molecule is Cc1ccc(N(C)CCNC(=S)Nc2ccc(F)c(Cl)c2)cc1. The number of hydrogen-bond acceptors (Lipinski definition) is 2. The molecule has 0 unspecified atom stereocenters. The largest absolute Gasteiger partial charge is 0.373 e. The third kappa shape index (κ3) is 5.37. The summed E-state index contributed by atoms with van der Waals surface area (Å²) < 4.78 is 13.1. The van der Waals surface area contributed by atoms with Gasteiger partial charge in [0.05, 0.1) is 5.02 Å². The van der Waals surface area contributed by atoms with Gasteiger partial charge in [0.25, 0.3) is 0 Å². The van der Waals surface area contributed by atoms with Crippen molar-refractivity contribution < 1.29 is 4.39 Å². The molecule has 2 rings (SSSR count). The number of nitrogens with zero attached hydrogens (tertiary/aromatic N) is 1. The maximum atomic E-state index is 13.1. The second-order valence-electron chi connectivity index (χ2n) is 5.27. The zero-order chi connectivity index (χ0) is 16.8. The Hall–Kier alpha value is -1.85. The van der Waals surface area contributed by atoms with E-state index in [1.165, 1.54) is 17.7 Å². The molecule has 0 saturated carbocycles. The van der Waals surface area contributed by atoms with Gasteiger partial charge in [-0.05, 0) is 49.5 Å². The van der Waals surface area contributed by atoms with Gasteiger partial charge in [-0.3, -0.25) is 0 Å². The van der Waals surface area contributed by atoms with Crippen LogP contribution in [-0.4, -0.2) is 25.2 Å². The van der Waals surface area contributed by atoms with Crippen LogP contribution >= 0.6 is 23.8 Å². The fraction of sp³-hybridized carbons (Fsp3) is 0.235. The minimum atomic E-state index is -0.448. The monoisotopic (exact) mass is 351 g/mol. The lowest BCUT2D eigenvalue weighted by molar-refractivity contribution is 0.628. The summed E-state index contributed by atoms with van der Waals surface area (Å²) in [6.07, 6.45) is 0. The molecular formula is C17H19ClFN3S. The molecule has 0 radical (unpaired) electrons. The van der Waals surface area contributed by atoms with E-state index < -0.39 is 5.82 Å². The van der Waals surface area contributed by atoms with Gasteiger partial charge >= 0.3 is 0 Å². The van der Waals surface area contributed by atoms with Crippen molar-refractivity contribution in [2.24, 2.45) is 0 Å². The van der Waals surface area contributed by atoms with Crippen LogP contribution in [0.3, 0.4) is 0 Å². The quantitative estimate of drug-likeness (QED) is 0.789. The molecule has 0 aliphatic rings. The van der Waals surface area contributed by atoms with Crippen LogP contribution in [0.5, 0.6) is 0 Å². The van der Waals surface area contributed by atoms with Gasteiger partial charge in [-0.25, -0.2) is 4.39 Å². The van der Waals surface area contributed by atoms with Gasteiger partial charge in [-0.1, -0.05) is 29.3 Å². The molecule has 3 nitrogen and oxygen atoms in total. The predicted octanol–water partition coefficient (Wildman–Crippen LogP) is 4.21. The first-order valence-corrected chi connectivity index (χ1v) is 8.02. The maximum absolute atomic E-state index is 13.1. The van der Waals surface area contributed by atoms with E-state index >= 15 is 0 Å². The van der Waals surface area contributed by atoms with Gasteiger partial charge < -0.3 is 15.5 Å². The number of benzene rings is 2. The van der Waals surface area contributed by atoms with Crippen LogP contribution in [0.15, 0.2) is 42.5 Å². The van der Waals surface area contributed by atoms with E-state index in [2.05, 4.69) is 46.7 Å². The highest BCUT2D eigenvalue weighted by molar-refractivity contribution is 7.80. The Labute approximate surface area is 146 Å². The molecule has 2 aromatic rings. The molecule has 2 N–H and O–H groups in total. The summed E-state index contributed by atoms with van der Waals surface area (Å²) in [6.45, 7) is 3.55. The number of likely N-dealkylation sites (N-methyl/N-ethyl adjacent to an activating group) is 1. The molecule has 23 heavy (non-hydrogen) atoms. The van der Waals surface area contributed by atoms with E-state index in [4.69, 9.17) is 23.8 Å². The normalized spacial score (nSPS) is 10.3. The highest BCUT2D eigenvalue weighted by Crippen LogP contribution is 2.19. The Morgan fingerprint density at radius 1 is 1.22 bits per heavy atom. The summed E-state index contributed by atoms with van der Waals surface area (Å²) in [5.74, 6) is -0.448.